The van der Waals surface area contributed by atoms with E-state index in [1.165, 1.54) is 0 Å². The number of benzene rings is 1. The lowest BCUT2D eigenvalue weighted by Crippen LogP contribution is -2.21. The van der Waals surface area contributed by atoms with Gasteiger partial charge in [-0.15, -0.1) is 5.10 Å². The molecule has 1 aromatic carbocycles. The number of hydrogen-bond acceptors (Lipinski definition) is 4. The molecule has 0 aliphatic rings. The van der Waals surface area contributed by atoms with E-state index in [1.807, 2.05) is 29.9 Å². The van der Waals surface area contributed by atoms with Crippen LogP contribution in [0, 0.1) is 0 Å². The van der Waals surface area contributed by atoms with Crippen LogP contribution in [0.25, 0.3) is 0 Å². The summed E-state index contributed by atoms with van der Waals surface area (Å²) in [6.07, 6.45) is 1.80. The Balaban J connectivity index is 2.38. The third-order valence-corrected chi connectivity index (χ3v) is 2.96. The van der Waals surface area contributed by atoms with Gasteiger partial charge in [-0.3, -0.25) is 0 Å². The first-order chi connectivity index (χ1) is 8.80. The monoisotopic (exact) mass is 246 g/mol. The number of nitrogens with one attached hydrogen (secondary N) is 1. The first-order valence-corrected chi connectivity index (χ1v) is 5.99. The molecule has 96 valence electrons. The molecule has 0 aliphatic carbocycles. The molecule has 2 rings (SSSR count). The van der Waals surface area contributed by atoms with Crippen LogP contribution in [0.15, 0.2) is 30.5 Å². The Kier molecular flexibility index (Phi) is 3.94. The number of ether oxygens (including phenoxy) is 1. The predicted octanol–water partition coefficient (Wildman–Crippen LogP) is 1.62. The van der Waals surface area contributed by atoms with Crippen LogP contribution in [0.4, 0.5) is 0 Å². The third kappa shape index (κ3) is 2.36. The van der Waals surface area contributed by atoms with Crippen LogP contribution in [0.3, 0.4) is 0 Å². The fourth-order valence-electron chi connectivity index (χ4n) is 2.04. The van der Waals surface area contributed by atoms with Gasteiger partial charge >= 0.3 is 0 Å². The zero-order chi connectivity index (χ0) is 13.0. The highest BCUT2D eigenvalue weighted by atomic mass is 16.5. The van der Waals surface area contributed by atoms with Gasteiger partial charge in [-0.2, -0.15) is 0 Å². The Labute approximate surface area is 107 Å². The van der Waals surface area contributed by atoms with E-state index in [4.69, 9.17) is 4.74 Å². The summed E-state index contributed by atoms with van der Waals surface area (Å²) in [6, 6.07) is 8.07. The van der Waals surface area contributed by atoms with Crippen LogP contribution in [-0.4, -0.2) is 29.2 Å². The van der Waals surface area contributed by atoms with Crippen LogP contribution in [0.2, 0.25) is 0 Å². The fourth-order valence-corrected chi connectivity index (χ4v) is 2.04. The van der Waals surface area contributed by atoms with Crippen molar-refractivity contribution in [2.45, 2.75) is 19.5 Å². The summed E-state index contributed by atoms with van der Waals surface area (Å²) in [5.74, 6) is 0.850. The maximum atomic E-state index is 5.26. The third-order valence-electron chi connectivity index (χ3n) is 2.96. The van der Waals surface area contributed by atoms with E-state index in [1.54, 1.807) is 13.3 Å². The summed E-state index contributed by atoms with van der Waals surface area (Å²) < 4.78 is 7.15. The number of hydrogen-bond donors (Lipinski definition) is 1. The van der Waals surface area contributed by atoms with Crippen molar-refractivity contribution >= 4 is 0 Å². The number of nitrogens with zero attached hydrogens (tertiary/aromatic N) is 3. The van der Waals surface area contributed by atoms with Crippen molar-refractivity contribution in [3.05, 3.63) is 41.7 Å². The highest BCUT2D eigenvalue weighted by Gasteiger charge is 2.17. The smallest absolute Gasteiger partial charge is 0.119 e. The quantitative estimate of drug-likeness (QED) is 0.871. The highest BCUT2D eigenvalue weighted by molar-refractivity contribution is 5.34. The number of methoxy groups -OCH3 is 1. The summed E-state index contributed by atoms with van der Waals surface area (Å²) in [7, 11) is 3.60. The first kappa shape index (κ1) is 12.6. The molecule has 1 N–H and O–H groups in total. The molecule has 5 heteroatoms. The SMILES string of the molecule is CCn1nncc1C(NC)c1cccc(OC)c1. The molecular formula is C13H18N4O. The zero-order valence-electron chi connectivity index (χ0n) is 10.9. The molecule has 1 heterocycles. The second-order valence-electron chi connectivity index (χ2n) is 3.97. The van der Waals surface area contributed by atoms with Crippen LogP contribution < -0.4 is 10.1 Å². The molecular weight excluding hydrogens is 228 g/mol. The largest absolute Gasteiger partial charge is 0.497 e. The molecule has 0 spiro atoms. The van der Waals surface area contributed by atoms with E-state index in [-0.39, 0.29) is 6.04 Å². The van der Waals surface area contributed by atoms with Crippen LogP contribution in [0.5, 0.6) is 5.75 Å². The Morgan fingerprint density at radius 1 is 1.44 bits per heavy atom. The topological polar surface area (TPSA) is 52.0 Å². The lowest BCUT2D eigenvalue weighted by Gasteiger charge is -2.17. The summed E-state index contributed by atoms with van der Waals surface area (Å²) >= 11 is 0. The lowest BCUT2D eigenvalue weighted by atomic mass is 10.0. The Morgan fingerprint density at radius 2 is 2.28 bits per heavy atom. The van der Waals surface area contributed by atoms with Crippen molar-refractivity contribution in [3.63, 3.8) is 0 Å². The van der Waals surface area contributed by atoms with E-state index >= 15 is 0 Å². The van der Waals surface area contributed by atoms with Crippen molar-refractivity contribution in [1.29, 1.82) is 0 Å². The standard InChI is InChI=1S/C13H18N4O/c1-4-17-12(9-15-16-17)13(14-2)10-6-5-7-11(8-10)18-3/h5-9,13-14H,4H2,1-3H3. The minimum atomic E-state index is 0.0649. The molecule has 0 saturated carbocycles. The van der Waals surface area contributed by atoms with Gasteiger partial charge in [0.1, 0.15) is 5.75 Å². The molecule has 0 fully saturated rings. The summed E-state index contributed by atoms with van der Waals surface area (Å²) in [5, 5.41) is 11.3. The second kappa shape index (κ2) is 5.64. The zero-order valence-corrected chi connectivity index (χ0v) is 10.9. The van der Waals surface area contributed by atoms with Gasteiger partial charge in [-0.05, 0) is 31.7 Å². The van der Waals surface area contributed by atoms with Crippen LogP contribution >= 0.6 is 0 Å². The van der Waals surface area contributed by atoms with Crippen LogP contribution in [0.1, 0.15) is 24.2 Å². The molecule has 0 amide bonds. The Bertz CT molecular complexity index is 509. The molecule has 0 radical (unpaired) electrons. The summed E-state index contributed by atoms with van der Waals surface area (Å²) in [5.41, 5.74) is 2.18. The second-order valence-corrected chi connectivity index (χ2v) is 3.97. The Hall–Kier alpha value is -1.88. The molecule has 0 bridgehead atoms. The summed E-state index contributed by atoms with van der Waals surface area (Å²) in [4.78, 5) is 0. The maximum Gasteiger partial charge on any atom is 0.119 e. The minimum Gasteiger partial charge on any atom is -0.497 e. The average molecular weight is 246 g/mol. The molecule has 5 nitrogen and oxygen atoms in total. The number of aromatic nitrogens is 3. The molecule has 2 aromatic rings. The van der Waals surface area contributed by atoms with Gasteiger partial charge in [-0.1, -0.05) is 17.3 Å². The normalized spacial score (nSPS) is 12.4. The molecule has 1 aromatic heterocycles. The number of rotatable bonds is 5. The van der Waals surface area contributed by atoms with Gasteiger partial charge < -0.3 is 10.1 Å². The molecule has 1 unspecified atom stereocenters. The van der Waals surface area contributed by atoms with Crippen molar-refractivity contribution in [2.24, 2.45) is 0 Å². The van der Waals surface area contributed by atoms with Gasteiger partial charge in [0, 0.05) is 6.54 Å². The average Bonchev–Trinajstić information content (AvgIpc) is 2.88. The highest BCUT2D eigenvalue weighted by Crippen LogP contribution is 2.24. The van der Waals surface area contributed by atoms with Crippen molar-refractivity contribution < 1.29 is 4.74 Å². The van der Waals surface area contributed by atoms with E-state index in [2.05, 4.69) is 28.6 Å². The van der Waals surface area contributed by atoms with E-state index < -0.39 is 0 Å². The van der Waals surface area contributed by atoms with Crippen molar-refractivity contribution in [1.82, 2.24) is 20.3 Å². The number of aryl methyl sites for hydroxylation is 1. The van der Waals surface area contributed by atoms with Crippen LogP contribution in [-0.2, 0) is 6.54 Å². The Morgan fingerprint density at radius 3 is 2.94 bits per heavy atom. The first-order valence-electron chi connectivity index (χ1n) is 5.99. The van der Waals surface area contributed by atoms with E-state index in [0.717, 1.165) is 23.6 Å². The van der Waals surface area contributed by atoms with E-state index in [0.29, 0.717) is 0 Å². The van der Waals surface area contributed by atoms with Gasteiger partial charge in [0.15, 0.2) is 0 Å². The van der Waals surface area contributed by atoms with Crippen molar-refractivity contribution in [2.75, 3.05) is 14.2 Å². The van der Waals surface area contributed by atoms with Gasteiger partial charge in [0.25, 0.3) is 0 Å². The van der Waals surface area contributed by atoms with Gasteiger partial charge in [0.2, 0.25) is 0 Å². The molecule has 0 saturated heterocycles. The van der Waals surface area contributed by atoms with Gasteiger partial charge in [-0.25, -0.2) is 4.68 Å². The molecule has 1 atom stereocenters. The molecule has 18 heavy (non-hydrogen) atoms. The lowest BCUT2D eigenvalue weighted by molar-refractivity contribution is 0.413. The van der Waals surface area contributed by atoms with Gasteiger partial charge in [0.05, 0.1) is 25.0 Å². The van der Waals surface area contributed by atoms with E-state index in [9.17, 15) is 0 Å². The summed E-state index contributed by atoms with van der Waals surface area (Å²) in [6.45, 7) is 2.86. The maximum absolute atomic E-state index is 5.26. The predicted molar refractivity (Wildman–Crippen MR) is 69.6 cm³/mol. The fraction of sp³-hybridized carbons (Fsp3) is 0.385. The molecule has 0 aliphatic heterocycles. The minimum absolute atomic E-state index is 0.0649. The van der Waals surface area contributed by atoms with Crippen molar-refractivity contribution in [3.8, 4) is 5.75 Å².